The molecule has 1 unspecified atom stereocenters. The van der Waals surface area contributed by atoms with Crippen molar-refractivity contribution in [1.82, 2.24) is 4.98 Å². The van der Waals surface area contributed by atoms with E-state index < -0.39 is 17.8 Å². The first-order valence-corrected chi connectivity index (χ1v) is 3.63. The van der Waals surface area contributed by atoms with E-state index in [0.29, 0.717) is 0 Å². The van der Waals surface area contributed by atoms with Gasteiger partial charge in [-0.05, 0) is 19.1 Å². The van der Waals surface area contributed by atoms with Crippen LogP contribution in [0.3, 0.4) is 0 Å². The second-order valence-corrected chi connectivity index (χ2v) is 2.52. The first kappa shape index (κ1) is 9.60. The molecule has 0 aliphatic heterocycles. The van der Waals surface area contributed by atoms with E-state index in [9.17, 15) is 9.18 Å². The zero-order valence-electron chi connectivity index (χ0n) is 6.90. The number of hydrogen-bond acceptors (Lipinski definition) is 4. The van der Waals surface area contributed by atoms with Crippen molar-refractivity contribution in [2.45, 2.75) is 12.8 Å². The lowest BCUT2D eigenvalue weighted by Crippen LogP contribution is -2.12. The third kappa shape index (κ3) is 2.22. The van der Waals surface area contributed by atoms with Gasteiger partial charge in [-0.3, -0.25) is 0 Å². The quantitative estimate of drug-likeness (QED) is 0.429. The minimum Gasteiger partial charge on any atom is -0.300 e. The molecule has 0 amide bonds. The van der Waals surface area contributed by atoms with Crippen LogP contribution in [0.4, 0.5) is 4.39 Å². The lowest BCUT2D eigenvalue weighted by molar-refractivity contribution is -0.235. The molecule has 13 heavy (non-hydrogen) atoms. The molecule has 0 fully saturated rings. The Kier molecular flexibility index (Phi) is 2.92. The second-order valence-electron chi connectivity index (χ2n) is 2.52. The van der Waals surface area contributed by atoms with Gasteiger partial charge in [-0.2, -0.15) is 9.65 Å². The average Bonchev–Trinajstić information content (AvgIpc) is 2.15. The molecule has 0 aliphatic carbocycles. The molecule has 1 rings (SSSR count). The highest BCUT2D eigenvalue weighted by atomic mass is 19.1. The molecule has 70 valence electrons. The highest BCUT2D eigenvalue weighted by molar-refractivity contribution is 5.76. The van der Waals surface area contributed by atoms with Crippen molar-refractivity contribution in [3.63, 3.8) is 0 Å². The third-order valence-electron chi connectivity index (χ3n) is 1.62. The summed E-state index contributed by atoms with van der Waals surface area (Å²) in [6.07, 6.45) is 0. The van der Waals surface area contributed by atoms with Crippen molar-refractivity contribution in [2.24, 2.45) is 0 Å². The van der Waals surface area contributed by atoms with Crippen molar-refractivity contribution >= 4 is 5.97 Å². The van der Waals surface area contributed by atoms with E-state index in [0.717, 1.165) is 0 Å². The van der Waals surface area contributed by atoms with E-state index in [4.69, 9.17) is 5.26 Å². The molecule has 1 atom stereocenters. The summed E-state index contributed by atoms with van der Waals surface area (Å²) in [6, 6.07) is 4.07. The van der Waals surface area contributed by atoms with Crippen LogP contribution in [0.5, 0.6) is 0 Å². The Bertz CT molecular complexity index is 316. The summed E-state index contributed by atoms with van der Waals surface area (Å²) in [4.78, 5) is 17.8. The first-order valence-electron chi connectivity index (χ1n) is 3.63. The monoisotopic (exact) mass is 185 g/mol. The highest BCUT2D eigenvalue weighted by Gasteiger charge is 2.18. The summed E-state index contributed by atoms with van der Waals surface area (Å²) < 4.78 is 12.6. The Morgan fingerprint density at radius 2 is 2.38 bits per heavy atom. The topological polar surface area (TPSA) is 59.4 Å². The van der Waals surface area contributed by atoms with Crippen LogP contribution in [0.2, 0.25) is 0 Å². The van der Waals surface area contributed by atoms with Gasteiger partial charge in [0.2, 0.25) is 5.95 Å². The first-order chi connectivity index (χ1) is 6.15. The van der Waals surface area contributed by atoms with Crippen molar-refractivity contribution in [3.05, 3.63) is 29.8 Å². The number of hydrogen-bond donors (Lipinski definition) is 1. The Morgan fingerprint density at radius 3 is 2.92 bits per heavy atom. The van der Waals surface area contributed by atoms with Gasteiger partial charge in [-0.1, -0.05) is 6.07 Å². The Labute approximate surface area is 73.9 Å². The number of carbonyl (C=O) groups is 1. The minimum absolute atomic E-state index is 0.221. The van der Waals surface area contributed by atoms with Gasteiger partial charge in [0.05, 0.1) is 11.6 Å². The minimum atomic E-state index is -0.863. The molecule has 1 N–H and O–H groups in total. The van der Waals surface area contributed by atoms with Crippen LogP contribution in [0.1, 0.15) is 18.5 Å². The number of rotatable bonds is 2. The maximum atomic E-state index is 12.6. The highest BCUT2D eigenvalue weighted by Crippen LogP contribution is 2.13. The Morgan fingerprint density at radius 1 is 1.69 bits per heavy atom. The van der Waals surface area contributed by atoms with Gasteiger partial charge >= 0.3 is 5.97 Å². The summed E-state index contributed by atoms with van der Waals surface area (Å²) in [5.74, 6) is -2.31. The van der Waals surface area contributed by atoms with E-state index in [2.05, 4.69) is 9.87 Å². The predicted octanol–water partition coefficient (Wildman–Crippen LogP) is 1.34. The lowest BCUT2D eigenvalue weighted by Gasteiger charge is -2.05. The lowest BCUT2D eigenvalue weighted by atomic mass is 10.1. The van der Waals surface area contributed by atoms with Crippen LogP contribution in [0.15, 0.2) is 18.2 Å². The summed E-state index contributed by atoms with van der Waals surface area (Å²) in [5, 5.41) is 8.06. The van der Waals surface area contributed by atoms with Crippen molar-refractivity contribution in [3.8, 4) is 0 Å². The molecule has 5 heteroatoms. The van der Waals surface area contributed by atoms with E-state index >= 15 is 0 Å². The Balaban J connectivity index is 2.88. The molecule has 0 spiro atoms. The SMILES string of the molecule is CC(C(=O)OO)c1cccc(F)n1. The third-order valence-corrected chi connectivity index (χ3v) is 1.62. The zero-order chi connectivity index (χ0) is 9.84. The number of halogens is 1. The summed E-state index contributed by atoms with van der Waals surface area (Å²) >= 11 is 0. The summed E-state index contributed by atoms with van der Waals surface area (Å²) in [5.41, 5.74) is 0.221. The van der Waals surface area contributed by atoms with Gasteiger partial charge in [-0.15, -0.1) is 0 Å². The fourth-order valence-corrected chi connectivity index (χ4v) is 0.865. The van der Waals surface area contributed by atoms with Gasteiger partial charge in [0.1, 0.15) is 0 Å². The number of pyridine rings is 1. The van der Waals surface area contributed by atoms with E-state index in [1.165, 1.54) is 25.1 Å². The van der Waals surface area contributed by atoms with Crippen LogP contribution in [-0.4, -0.2) is 16.2 Å². The van der Waals surface area contributed by atoms with Gasteiger partial charge < -0.3 is 4.89 Å². The van der Waals surface area contributed by atoms with Crippen molar-refractivity contribution < 1.29 is 19.3 Å². The molecule has 0 aliphatic rings. The number of nitrogens with zero attached hydrogens (tertiary/aromatic N) is 1. The van der Waals surface area contributed by atoms with Gasteiger partial charge in [0.15, 0.2) is 0 Å². The van der Waals surface area contributed by atoms with Crippen molar-refractivity contribution in [1.29, 1.82) is 0 Å². The molecule has 0 radical (unpaired) electrons. The normalized spacial score (nSPS) is 12.2. The number of aromatic nitrogens is 1. The number of carbonyl (C=O) groups excluding carboxylic acids is 1. The maximum absolute atomic E-state index is 12.6. The predicted molar refractivity (Wildman–Crippen MR) is 41.3 cm³/mol. The van der Waals surface area contributed by atoms with Gasteiger partial charge in [-0.25, -0.2) is 9.78 Å². The molecule has 1 aromatic heterocycles. The standard InChI is InChI=1S/C8H8FNO3/c1-5(8(11)13-12)6-3-2-4-7(9)10-6/h2-5,12H,1H3. The summed E-state index contributed by atoms with van der Waals surface area (Å²) in [7, 11) is 0. The molecule has 0 bridgehead atoms. The van der Waals surface area contributed by atoms with E-state index in [-0.39, 0.29) is 5.69 Å². The molecular formula is C8H8FNO3. The largest absolute Gasteiger partial charge is 0.350 e. The smallest absolute Gasteiger partial charge is 0.300 e. The fourth-order valence-electron chi connectivity index (χ4n) is 0.865. The molecule has 0 aromatic carbocycles. The summed E-state index contributed by atoms with van der Waals surface area (Å²) in [6.45, 7) is 1.46. The van der Waals surface area contributed by atoms with Crippen LogP contribution < -0.4 is 0 Å². The fraction of sp³-hybridized carbons (Fsp3) is 0.250. The molecular weight excluding hydrogens is 177 g/mol. The van der Waals surface area contributed by atoms with Gasteiger partial charge in [0.25, 0.3) is 0 Å². The molecule has 4 nitrogen and oxygen atoms in total. The van der Waals surface area contributed by atoms with E-state index in [1.54, 1.807) is 0 Å². The van der Waals surface area contributed by atoms with Crippen molar-refractivity contribution in [2.75, 3.05) is 0 Å². The average molecular weight is 185 g/mol. The maximum Gasteiger partial charge on any atom is 0.350 e. The van der Waals surface area contributed by atoms with Crippen LogP contribution in [0, 0.1) is 5.95 Å². The Hall–Kier alpha value is -1.49. The molecule has 0 saturated heterocycles. The molecule has 1 aromatic rings. The van der Waals surface area contributed by atoms with Crippen LogP contribution in [0.25, 0.3) is 0 Å². The molecule has 1 heterocycles. The second kappa shape index (κ2) is 3.95. The molecule has 0 saturated carbocycles. The van der Waals surface area contributed by atoms with Crippen LogP contribution >= 0.6 is 0 Å². The van der Waals surface area contributed by atoms with Crippen LogP contribution in [-0.2, 0) is 9.68 Å². The zero-order valence-corrected chi connectivity index (χ0v) is 6.90. The van der Waals surface area contributed by atoms with E-state index in [1.807, 2.05) is 0 Å². The van der Waals surface area contributed by atoms with Gasteiger partial charge in [0, 0.05) is 0 Å².